The van der Waals surface area contributed by atoms with Crippen molar-refractivity contribution in [3.8, 4) is 0 Å². The van der Waals surface area contributed by atoms with Gasteiger partial charge < -0.3 is 11.1 Å². The van der Waals surface area contributed by atoms with Gasteiger partial charge >= 0.3 is 0 Å². The van der Waals surface area contributed by atoms with Crippen molar-refractivity contribution in [3.63, 3.8) is 0 Å². The van der Waals surface area contributed by atoms with E-state index in [1.165, 1.54) is 16.7 Å². The summed E-state index contributed by atoms with van der Waals surface area (Å²) >= 11 is 5.13. The standard InChI is InChI=1S/C17H20N2S/c1-11-8-9-15(17(18)20)16(10-11)19-13(3)14-7-5-4-6-12(14)2/h4-10,13,19H,1-3H3,(H2,18,20). The summed E-state index contributed by atoms with van der Waals surface area (Å²) in [5, 5.41) is 3.52. The number of hydrogen-bond acceptors (Lipinski definition) is 2. The molecule has 0 aliphatic rings. The van der Waals surface area contributed by atoms with Crippen LogP contribution >= 0.6 is 12.2 Å². The highest BCUT2D eigenvalue weighted by molar-refractivity contribution is 7.80. The number of nitrogens with two attached hydrogens (primary N) is 1. The minimum absolute atomic E-state index is 0.200. The molecular formula is C17H20N2S. The fraction of sp³-hybridized carbons (Fsp3) is 0.235. The average Bonchev–Trinajstić information content (AvgIpc) is 2.38. The van der Waals surface area contributed by atoms with Crippen LogP contribution in [0.2, 0.25) is 0 Å². The summed E-state index contributed by atoms with van der Waals surface area (Å²) in [6, 6.07) is 14.7. The number of nitrogens with one attached hydrogen (secondary N) is 1. The summed E-state index contributed by atoms with van der Waals surface area (Å²) < 4.78 is 0. The van der Waals surface area contributed by atoms with E-state index in [9.17, 15) is 0 Å². The first-order chi connectivity index (χ1) is 9.49. The lowest BCUT2D eigenvalue weighted by Gasteiger charge is -2.20. The normalized spacial score (nSPS) is 11.9. The van der Waals surface area contributed by atoms with E-state index in [-0.39, 0.29) is 6.04 Å². The minimum atomic E-state index is 0.200. The van der Waals surface area contributed by atoms with Crippen molar-refractivity contribution in [2.75, 3.05) is 5.32 Å². The van der Waals surface area contributed by atoms with Crippen molar-refractivity contribution in [1.82, 2.24) is 0 Å². The second-order valence-electron chi connectivity index (χ2n) is 5.14. The molecule has 2 nitrogen and oxygen atoms in total. The minimum Gasteiger partial charge on any atom is -0.389 e. The first kappa shape index (κ1) is 14.5. The van der Waals surface area contributed by atoms with E-state index in [4.69, 9.17) is 18.0 Å². The Hall–Kier alpha value is -1.87. The third kappa shape index (κ3) is 3.17. The molecule has 0 aliphatic heterocycles. The van der Waals surface area contributed by atoms with Crippen LogP contribution in [0.5, 0.6) is 0 Å². The molecule has 0 aliphatic carbocycles. The van der Waals surface area contributed by atoms with E-state index < -0.39 is 0 Å². The van der Waals surface area contributed by atoms with Crippen LogP contribution in [0.15, 0.2) is 42.5 Å². The summed E-state index contributed by atoms with van der Waals surface area (Å²) in [6.07, 6.45) is 0. The van der Waals surface area contributed by atoms with Crippen molar-refractivity contribution in [2.24, 2.45) is 5.73 Å². The molecule has 2 aromatic carbocycles. The maximum Gasteiger partial charge on any atom is 0.106 e. The SMILES string of the molecule is Cc1ccc(C(N)=S)c(NC(C)c2ccccc2C)c1. The predicted molar refractivity (Wildman–Crippen MR) is 90.3 cm³/mol. The van der Waals surface area contributed by atoms with E-state index in [1.54, 1.807) is 0 Å². The molecular weight excluding hydrogens is 264 g/mol. The Morgan fingerprint density at radius 3 is 2.50 bits per heavy atom. The van der Waals surface area contributed by atoms with E-state index >= 15 is 0 Å². The molecule has 2 aromatic rings. The van der Waals surface area contributed by atoms with Gasteiger partial charge in [0.15, 0.2) is 0 Å². The Morgan fingerprint density at radius 1 is 1.15 bits per heavy atom. The summed E-state index contributed by atoms with van der Waals surface area (Å²) in [7, 11) is 0. The number of benzene rings is 2. The van der Waals surface area contributed by atoms with Crippen molar-refractivity contribution in [2.45, 2.75) is 26.8 Å². The van der Waals surface area contributed by atoms with Gasteiger partial charge in [0.1, 0.15) is 4.99 Å². The molecule has 3 heteroatoms. The number of rotatable bonds is 4. The molecule has 0 aromatic heterocycles. The van der Waals surface area contributed by atoms with Crippen LogP contribution in [0.4, 0.5) is 5.69 Å². The van der Waals surface area contributed by atoms with Gasteiger partial charge in [-0.3, -0.25) is 0 Å². The van der Waals surface area contributed by atoms with Crippen LogP contribution in [0, 0.1) is 13.8 Å². The maximum atomic E-state index is 5.80. The Bertz CT molecular complexity index is 635. The maximum absolute atomic E-state index is 5.80. The number of thiocarbonyl (C=S) groups is 1. The zero-order valence-electron chi connectivity index (χ0n) is 12.1. The van der Waals surface area contributed by atoms with Gasteiger partial charge in [-0.2, -0.15) is 0 Å². The van der Waals surface area contributed by atoms with Gasteiger partial charge in [-0.1, -0.05) is 42.5 Å². The fourth-order valence-electron chi connectivity index (χ4n) is 2.38. The van der Waals surface area contributed by atoms with E-state index in [0.29, 0.717) is 4.99 Å². The van der Waals surface area contributed by atoms with Crippen molar-refractivity contribution in [1.29, 1.82) is 0 Å². The third-order valence-electron chi connectivity index (χ3n) is 3.47. The van der Waals surface area contributed by atoms with Gasteiger partial charge in [0.05, 0.1) is 0 Å². The van der Waals surface area contributed by atoms with Crippen molar-refractivity contribution >= 4 is 22.9 Å². The molecule has 1 unspecified atom stereocenters. The second kappa shape index (κ2) is 6.06. The Balaban J connectivity index is 2.32. The van der Waals surface area contributed by atoms with Gasteiger partial charge in [0.2, 0.25) is 0 Å². The van der Waals surface area contributed by atoms with Crippen molar-refractivity contribution < 1.29 is 0 Å². The molecule has 20 heavy (non-hydrogen) atoms. The highest BCUT2D eigenvalue weighted by Gasteiger charge is 2.11. The molecule has 0 radical (unpaired) electrons. The lowest BCUT2D eigenvalue weighted by molar-refractivity contribution is 0.873. The number of anilines is 1. The Morgan fingerprint density at radius 2 is 1.85 bits per heavy atom. The van der Waals surface area contributed by atoms with E-state index in [1.807, 2.05) is 12.1 Å². The quantitative estimate of drug-likeness (QED) is 0.830. The van der Waals surface area contributed by atoms with Crippen LogP contribution in [-0.4, -0.2) is 4.99 Å². The highest BCUT2D eigenvalue weighted by atomic mass is 32.1. The molecule has 2 rings (SSSR count). The molecule has 0 saturated carbocycles. The monoisotopic (exact) mass is 284 g/mol. The van der Waals surface area contributed by atoms with Gasteiger partial charge in [0.25, 0.3) is 0 Å². The summed E-state index contributed by atoms with van der Waals surface area (Å²) in [5.74, 6) is 0. The summed E-state index contributed by atoms with van der Waals surface area (Å²) in [5.41, 5.74) is 11.4. The zero-order valence-corrected chi connectivity index (χ0v) is 12.9. The molecule has 0 bridgehead atoms. The summed E-state index contributed by atoms with van der Waals surface area (Å²) in [6.45, 7) is 6.33. The molecule has 104 valence electrons. The van der Waals surface area contributed by atoms with Gasteiger partial charge in [-0.25, -0.2) is 0 Å². The van der Waals surface area contributed by atoms with E-state index in [2.05, 4.69) is 56.4 Å². The first-order valence-corrected chi connectivity index (χ1v) is 7.12. The predicted octanol–water partition coefficient (Wildman–Crippen LogP) is 4.11. The smallest absolute Gasteiger partial charge is 0.106 e. The molecule has 0 amide bonds. The molecule has 3 N–H and O–H groups in total. The van der Waals surface area contributed by atoms with Crippen molar-refractivity contribution in [3.05, 3.63) is 64.7 Å². The van der Waals surface area contributed by atoms with Crippen LogP contribution in [-0.2, 0) is 0 Å². The zero-order chi connectivity index (χ0) is 14.7. The summed E-state index contributed by atoms with van der Waals surface area (Å²) in [4.78, 5) is 0.421. The molecule has 0 spiro atoms. The Kier molecular flexibility index (Phi) is 4.40. The molecule has 1 atom stereocenters. The molecule has 0 saturated heterocycles. The lowest BCUT2D eigenvalue weighted by Crippen LogP contribution is -2.15. The lowest BCUT2D eigenvalue weighted by atomic mass is 10.0. The average molecular weight is 284 g/mol. The number of hydrogen-bond donors (Lipinski definition) is 2. The van der Waals surface area contributed by atoms with Gasteiger partial charge in [-0.05, 0) is 49.6 Å². The van der Waals surface area contributed by atoms with Gasteiger partial charge in [-0.15, -0.1) is 0 Å². The molecule has 0 fully saturated rings. The second-order valence-corrected chi connectivity index (χ2v) is 5.58. The first-order valence-electron chi connectivity index (χ1n) is 6.71. The Labute approximate surface area is 126 Å². The highest BCUT2D eigenvalue weighted by Crippen LogP contribution is 2.25. The topological polar surface area (TPSA) is 38.0 Å². The van der Waals surface area contributed by atoms with Crippen LogP contribution in [0.25, 0.3) is 0 Å². The van der Waals surface area contributed by atoms with Crippen LogP contribution in [0.1, 0.15) is 35.2 Å². The number of aryl methyl sites for hydroxylation is 2. The van der Waals surface area contributed by atoms with E-state index in [0.717, 1.165) is 11.3 Å². The largest absolute Gasteiger partial charge is 0.389 e. The fourth-order valence-corrected chi connectivity index (χ4v) is 2.55. The van der Waals surface area contributed by atoms with Gasteiger partial charge in [0, 0.05) is 17.3 Å². The third-order valence-corrected chi connectivity index (χ3v) is 3.69. The molecule has 0 heterocycles. The van der Waals surface area contributed by atoms with Crippen LogP contribution in [0.3, 0.4) is 0 Å². The van der Waals surface area contributed by atoms with Crippen LogP contribution < -0.4 is 11.1 Å².